The van der Waals surface area contributed by atoms with E-state index in [4.69, 9.17) is 5.84 Å². The summed E-state index contributed by atoms with van der Waals surface area (Å²) < 4.78 is 28.2. The maximum Gasteiger partial charge on any atom is 0.126 e. The second-order valence-electron chi connectivity index (χ2n) is 4.85. The Morgan fingerprint density at radius 2 is 1.90 bits per heavy atom. The summed E-state index contributed by atoms with van der Waals surface area (Å²) in [5.41, 5.74) is 3.01. The molecular formula is C16H14F2N2S. The van der Waals surface area contributed by atoms with E-state index in [-0.39, 0.29) is 6.04 Å². The first-order chi connectivity index (χ1) is 10.2. The first-order valence-corrected chi connectivity index (χ1v) is 7.37. The summed E-state index contributed by atoms with van der Waals surface area (Å²) >= 11 is 1.60. The molecule has 1 unspecified atom stereocenters. The molecule has 0 spiro atoms. The molecule has 0 saturated carbocycles. The summed E-state index contributed by atoms with van der Waals surface area (Å²) in [6.45, 7) is 0. The Morgan fingerprint density at radius 3 is 2.67 bits per heavy atom. The first kappa shape index (κ1) is 14.1. The van der Waals surface area contributed by atoms with Crippen LogP contribution in [-0.4, -0.2) is 0 Å². The van der Waals surface area contributed by atoms with Crippen LogP contribution in [0.1, 0.15) is 16.5 Å². The van der Waals surface area contributed by atoms with Crippen molar-refractivity contribution in [1.82, 2.24) is 5.43 Å². The van der Waals surface area contributed by atoms with Crippen molar-refractivity contribution in [2.45, 2.75) is 12.5 Å². The van der Waals surface area contributed by atoms with Crippen LogP contribution in [0.2, 0.25) is 0 Å². The molecule has 1 atom stereocenters. The molecule has 2 aromatic carbocycles. The van der Waals surface area contributed by atoms with Crippen molar-refractivity contribution >= 4 is 21.4 Å². The quantitative estimate of drug-likeness (QED) is 0.566. The van der Waals surface area contributed by atoms with E-state index in [1.165, 1.54) is 6.07 Å². The Morgan fingerprint density at radius 1 is 1.10 bits per heavy atom. The van der Waals surface area contributed by atoms with E-state index >= 15 is 0 Å². The number of thiophene rings is 1. The third-order valence-corrected chi connectivity index (χ3v) is 4.65. The highest BCUT2D eigenvalue weighted by atomic mass is 32.1. The van der Waals surface area contributed by atoms with Gasteiger partial charge in [-0.25, -0.2) is 8.78 Å². The number of benzene rings is 2. The number of nitrogens with one attached hydrogen (secondary N) is 1. The molecule has 0 radical (unpaired) electrons. The molecule has 0 amide bonds. The van der Waals surface area contributed by atoms with Crippen LogP contribution in [-0.2, 0) is 6.42 Å². The summed E-state index contributed by atoms with van der Waals surface area (Å²) in [6.07, 6.45) is 0.299. The van der Waals surface area contributed by atoms with Crippen molar-refractivity contribution in [2.75, 3.05) is 0 Å². The molecule has 0 fully saturated rings. The fourth-order valence-electron chi connectivity index (χ4n) is 2.34. The highest BCUT2D eigenvalue weighted by Gasteiger charge is 2.16. The average molecular weight is 304 g/mol. The lowest BCUT2D eigenvalue weighted by Gasteiger charge is -2.14. The van der Waals surface area contributed by atoms with E-state index in [2.05, 4.69) is 5.43 Å². The molecule has 2 nitrogen and oxygen atoms in total. The maximum absolute atomic E-state index is 13.8. The lowest BCUT2D eigenvalue weighted by molar-refractivity contribution is 0.528. The number of hydrogen-bond acceptors (Lipinski definition) is 3. The van der Waals surface area contributed by atoms with E-state index < -0.39 is 11.6 Å². The van der Waals surface area contributed by atoms with Gasteiger partial charge in [0.15, 0.2) is 0 Å². The molecule has 3 N–H and O–H groups in total. The molecule has 5 heteroatoms. The smallest absolute Gasteiger partial charge is 0.126 e. The van der Waals surface area contributed by atoms with Gasteiger partial charge in [0.2, 0.25) is 0 Å². The minimum atomic E-state index is -0.446. The van der Waals surface area contributed by atoms with Crippen LogP contribution in [0.5, 0.6) is 0 Å². The fourth-order valence-corrected chi connectivity index (χ4v) is 3.46. The SMILES string of the molecule is NNC(Cc1cc(F)ccc1F)c1cc2ccccc2s1. The van der Waals surface area contributed by atoms with Crippen molar-refractivity contribution in [3.63, 3.8) is 0 Å². The third kappa shape index (κ3) is 2.95. The molecule has 0 aliphatic heterocycles. The number of halogens is 2. The van der Waals surface area contributed by atoms with Crippen molar-refractivity contribution in [2.24, 2.45) is 5.84 Å². The molecule has 21 heavy (non-hydrogen) atoms. The van der Waals surface area contributed by atoms with Crippen molar-refractivity contribution < 1.29 is 8.78 Å². The lowest BCUT2D eigenvalue weighted by Crippen LogP contribution is -2.29. The third-order valence-electron chi connectivity index (χ3n) is 3.42. The van der Waals surface area contributed by atoms with E-state index in [0.29, 0.717) is 12.0 Å². The zero-order valence-electron chi connectivity index (χ0n) is 11.1. The van der Waals surface area contributed by atoms with Crippen molar-refractivity contribution in [3.05, 3.63) is 70.6 Å². The van der Waals surface area contributed by atoms with Gasteiger partial charge in [0.1, 0.15) is 11.6 Å². The monoisotopic (exact) mass is 304 g/mol. The Labute approximate surface area is 125 Å². The summed E-state index contributed by atoms with van der Waals surface area (Å²) in [4.78, 5) is 1.00. The molecule has 108 valence electrons. The summed E-state index contributed by atoms with van der Waals surface area (Å²) in [5.74, 6) is 4.74. The minimum Gasteiger partial charge on any atom is -0.271 e. The van der Waals surface area contributed by atoms with Crippen LogP contribution in [0.15, 0.2) is 48.5 Å². The van der Waals surface area contributed by atoms with Crippen LogP contribution in [0.3, 0.4) is 0 Å². The predicted octanol–water partition coefficient (Wildman–Crippen LogP) is 3.93. The second-order valence-corrected chi connectivity index (χ2v) is 5.96. The lowest BCUT2D eigenvalue weighted by atomic mass is 10.0. The van der Waals surface area contributed by atoms with Gasteiger partial charge in [0.25, 0.3) is 0 Å². The first-order valence-electron chi connectivity index (χ1n) is 6.56. The molecule has 0 saturated heterocycles. The summed E-state index contributed by atoms with van der Waals surface area (Å²) in [7, 11) is 0. The van der Waals surface area contributed by atoms with Gasteiger partial charge in [-0.15, -0.1) is 11.3 Å². The van der Waals surface area contributed by atoms with Crippen molar-refractivity contribution in [3.8, 4) is 0 Å². The highest BCUT2D eigenvalue weighted by Crippen LogP contribution is 2.31. The van der Waals surface area contributed by atoms with Gasteiger partial charge in [-0.2, -0.15) is 0 Å². The van der Waals surface area contributed by atoms with E-state index in [9.17, 15) is 8.78 Å². The number of hydrazine groups is 1. The average Bonchev–Trinajstić information content (AvgIpc) is 2.91. The van der Waals surface area contributed by atoms with Gasteiger partial charge in [0.05, 0.1) is 6.04 Å². The number of hydrogen-bond donors (Lipinski definition) is 2. The summed E-state index contributed by atoms with van der Waals surface area (Å²) in [5, 5.41) is 1.12. The normalized spacial score (nSPS) is 12.7. The van der Waals surface area contributed by atoms with Gasteiger partial charge in [-0.3, -0.25) is 11.3 Å². The number of fused-ring (bicyclic) bond motifs is 1. The van der Waals surface area contributed by atoms with Gasteiger partial charge in [-0.1, -0.05) is 18.2 Å². The zero-order valence-corrected chi connectivity index (χ0v) is 12.0. The Hall–Kier alpha value is -1.82. The van der Waals surface area contributed by atoms with Gasteiger partial charge >= 0.3 is 0 Å². The van der Waals surface area contributed by atoms with Gasteiger partial charge < -0.3 is 0 Å². The Bertz CT molecular complexity index is 737. The number of nitrogens with two attached hydrogens (primary N) is 1. The number of rotatable bonds is 4. The molecule has 0 aliphatic carbocycles. The van der Waals surface area contributed by atoms with Gasteiger partial charge in [0, 0.05) is 9.58 Å². The topological polar surface area (TPSA) is 38.0 Å². The molecule has 3 aromatic rings. The predicted molar refractivity (Wildman–Crippen MR) is 82.0 cm³/mol. The minimum absolute atomic E-state index is 0.251. The Kier molecular flexibility index (Phi) is 3.96. The van der Waals surface area contributed by atoms with E-state index in [0.717, 1.165) is 27.1 Å². The molecule has 3 rings (SSSR count). The molecular weight excluding hydrogens is 290 g/mol. The van der Waals surface area contributed by atoms with Crippen LogP contribution in [0, 0.1) is 11.6 Å². The highest BCUT2D eigenvalue weighted by molar-refractivity contribution is 7.19. The largest absolute Gasteiger partial charge is 0.271 e. The molecule has 1 aromatic heterocycles. The maximum atomic E-state index is 13.8. The summed E-state index contributed by atoms with van der Waals surface area (Å²) in [6, 6.07) is 13.2. The van der Waals surface area contributed by atoms with Gasteiger partial charge in [-0.05, 0) is 47.7 Å². The van der Waals surface area contributed by atoms with E-state index in [1.807, 2.05) is 30.3 Å². The van der Waals surface area contributed by atoms with Crippen molar-refractivity contribution in [1.29, 1.82) is 0 Å². The van der Waals surface area contributed by atoms with Crippen LogP contribution < -0.4 is 11.3 Å². The van der Waals surface area contributed by atoms with Crippen LogP contribution in [0.25, 0.3) is 10.1 Å². The van der Waals surface area contributed by atoms with E-state index in [1.54, 1.807) is 11.3 Å². The molecule has 0 bridgehead atoms. The fraction of sp³-hybridized carbons (Fsp3) is 0.125. The standard InChI is InChI=1S/C16H14F2N2S/c17-12-5-6-13(18)11(7-12)8-14(20-19)16-9-10-3-1-2-4-15(10)21-16/h1-7,9,14,20H,8,19H2. The Balaban J connectivity index is 1.92. The zero-order chi connectivity index (χ0) is 14.8. The van der Waals surface area contributed by atoms with Crippen LogP contribution in [0.4, 0.5) is 8.78 Å². The van der Waals surface area contributed by atoms with Crippen LogP contribution >= 0.6 is 11.3 Å². The molecule has 0 aliphatic rings. The second kappa shape index (κ2) is 5.89. The molecule has 1 heterocycles.